The summed E-state index contributed by atoms with van der Waals surface area (Å²) in [5.74, 6) is 0.739. The number of H-pyrrole nitrogens is 1. The van der Waals surface area contributed by atoms with E-state index < -0.39 is 5.54 Å². The van der Waals surface area contributed by atoms with E-state index in [1.165, 1.54) is 0 Å². The predicted octanol–water partition coefficient (Wildman–Crippen LogP) is 1.24. The van der Waals surface area contributed by atoms with Crippen molar-refractivity contribution in [2.24, 2.45) is 5.73 Å². The van der Waals surface area contributed by atoms with Crippen molar-refractivity contribution in [2.45, 2.75) is 39.2 Å². The molecule has 114 valence electrons. The second kappa shape index (κ2) is 5.94. The van der Waals surface area contributed by atoms with Gasteiger partial charge < -0.3 is 21.4 Å². The number of carbonyl (C=O) groups is 1. The highest BCUT2D eigenvalue weighted by Crippen LogP contribution is 2.23. The van der Waals surface area contributed by atoms with Crippen LogP contribution in [0.15, 0.2) is 6.33 Å². The fourth-order valence-corrected chi connectivity index (χ4v) is 2.04. The third kappa shape index (κ3) is 3.80. The number of aromatic nitrogens is 4. The number of hydrogen-bond acceptors (Lipinski definition) is 6. The molecule has 0 spiro atoms. The SMILES string of the molecule is CCCNc1nc(NC(C)(C)CC(N)=O)c2[nH]cnc2n1. The molecule has 0 saturated heterocycles. The van der Waals surface area contributed by atoms with Crippen molar-refractivity contribution in [1.29, 1.82) is 0 Å². The molecule has 0 aliphatic carbocycles. The topological polar surface area (TPSA) is 122 Å². The molecule has 2 heterocycles. The van der Waals surface area contributed by atoms with E-state index in [-0.39, 0.29) is 12.3 Å². The molecule has 0 unspecified atom stereocenters. The summed E-state index contributed by atoms with van der Waals surface area (Å²) >= 11 is 0. The zero-order chi connectivity index (χ0) is 15.5. The Balaban J connectivity index is 2.32. The van der Waals surface area contributed by atoms with Crippen molar-refractivity contribution in [3.05, 3.63) is 6.33 Å². The molecule has 0 saturated carbocycles. The molecule has 21 heavy (non-hydrogen) atoms. The highest BCUT2D eigenvalue weighted by Gasteiger charge is 2.23. The van der Waals surface area contributed by atoms with Crippen LogP contribution in [0.25, 0.3) is 11.2 Å². The van der Waals surface area contributed by atoms with Gasteiger partial charge in [0.05, 0.1) is 6.33 Å². The Bertz CT molecular complexity index is 634. The fraction of sp³-hybridized carbons (Fsp3) is 0.538. The Kier molecular flexibility index (Phi) is 4.25. The Labute approximate surface area is 123 Å². The summed E-state index contributed by atoms with van der Waals surface area (Å²) in [5, 5.41) is 6.37. The summed E-state index contributed by atoms with van der Waals surface area (Å²) in [7, 11) is 0. The second-order valence-corrected chi connectivity index (χ2v) is 5.58. The number of nitrogens with zero attached hydrogens (tertiary/aromatic N) is 3. The van der Waals surface area contributed by atoms with Gasteiger partial charge in [-0.05, 0) is 20.3 Å². The number of anilines is 2. The molecule has 5 N–H and O–H groups in total. The van der Waals surface area contributed by atoms with Crippen LogP contribution in [0.3, 0.4) is 0 Å². The molecule has 0 bridgehead atoms. The number of fused-ring (bicyclic) bond motifs is 1. The van der Waals surface area contributed by atoms with Crippen LogP contribution in [0.1, 0.15) is 33.6 Å². The van der Waals surface area contributed by atoms with Crippen LogP contribution >= 0.6 is 0 Å². The van der Waals surface area contributed by atoms with Crippen molar-refractivity contribution >= 4 is 28.8 Å². The van der Waals surface area contributed by atoms with E-state index in [0.717, 1.165) is 13.0 Å². The number of imidazole rings is 1. The minimum atomic E-state index is -0.514. The lowest BCUT2D eigenvalue weighted by Crippen LogP contribution is -2.36. The van der Waals surface area contributed by atoms with Gasteiger partial charge in [0.15, 0.2) is 11.5 Å². The molecule has 1 amide bonds. The van der Waals surface area contributed by atoms with E-state index in [2.05, 4.69) is 37.5 Å². The van der Waals surface area contributed by atoms with Crippen LogP contribution in [0.4, 0.5) is 11.8 Å². The normalized spacial score (nSPS) is 11.6. The first-order valence-electron chi connectivity index (χ1n) is 6.93. The molecule has 0 fully saturated rings. The van der Waals surface area contributed by atoms with Crippen LogP contribution in [-0.2, 0) is 4.79 Å². The van der Waals surface area contributed by atoms with E-state index in [9.17, 15) is 4.79 Å². The summed E-state index contributed by atoms with van der Waals surface area (Å²) in [4.78, 5) is 27.1. The van der Waals surface area contributed by atoms with Crippen LogP contribution < -0.4 is 16.4 Å². The van der Waals surface area contributed by atoms with Gasteiger partial charge in [-0.1, -0.05) is 6.92 Å². The number of nitrogens with one attached hydrogen (secondary N) is 3. The van der Waals surface area contributed by atoms with E-state index >= 15 is 0 Å². The van der Waals surface area contributed by atoms with Crippen molar-refractivity contribution < 1.29 is 4.79 Å². The van der Waals surface area contributed by atoms with Gasteiger partial charge in [-0.15, -0.1) is 0 Å². The van der Waals surface area contributed by atoms with E-state index in [4.69, 9.17) is 5.73 Å². The first-order valence-corrected chi connectivity index (χ1v) is 6.93. The summed E-state index contributed by atoms with van der Waals surface area (Å²) in [6, 6.07) is 0. The van der Waals surface area contributed by atoms with Gasteiger partial charge in [-0.25, -0.2) is 4.98 Å². The smallest absolute Gasteiger partial charge is 0.226 e. The van der Waals surface area contributed by atoms with Gasteiger partial charge in [0.1, 0.15) is 5.52 Å². The minimum Gasteiger partial charge on any atom is -0.370 e. The zero-order valence-corrected chi connectivity index (χ0v) is 12.5. The number of carbonyl (C=O) groups excluding carboxylic acids is 1. The molecule has 2 rings (SSSR count). The van der Waals surface area contributed by atoms with Crippen molar-refractivity contribution in [1.82, 2.24) is 19.9 Å². The highest BCUT2D eigenvalue weighted by atomic mass is 16.1. The molecule has 0 aromatic carbocycles. The summed E-state index contributed by atoms with van der Waals surface area (Å²) in [5.41, 5.74) is 6.04. The van der Waals surface area contributed by atoms with Gasteiger partial charge in [-0.3, -0.25) is 4.79 Å². The average Bonchev–Trinajstić information content (AvgIpc) is 2.82. The average molecular weight is 291 g/mol. The first kappa shape index (κ1) is 15.0. The summed E-state index contributed by atoms with van der Waals surface area (Å²) in [6.07, 6.45) is 2.73. The molecule has 0 atom stereocenters. The van der Waals surface area contributed by atoms with Gasteiger partial charge in [-0.2, -0.15) is 9.97 Å². The molecular weight excluding hydrogens is 270 g/mol. The molecule has 2 aromatic rings. The maximum Gasteiger partial charge on any atom is 0.226 e. The number of amides is 1. The molecule has 0 radical (unpaired) electrons. The van der Waals surface area contributed by atoms with E-state index in [1.54, 1.807) is 6.33 Å². The fourth-order valence-electron chi connectivity index (χ4n) is 2.04. The first-order chi connectivity index (χ1) is 9.91. The molecule has 8 heteroatoms. The maximum atomic E-state index is 11.1. The third-order valence-electron chi connectivity index (χ3n) is 2.89. The molecule has 0 aliphatic heterocycles. The minimum absolute atomic E-state index is 0.199. The lowest BCUT2D eigenvalue weighted by atomic mass is 10.0. The molecule has 0 aliphatic rings. The summed E-state index contributed by atoms with van der Waals surface area (Å²) in [6.45, 7) is 6.62. The monoisotopic (exact) mass is 291 g/mol. The zero-order valence-electron chi connectivity index (χ0n) is 12.5. The van der Waals surface area contributed by atoms with E-state index in [0.29, 0.717) is 22.9 Å². The lowest BCUT2D eigenvalue weighted by molar-refractivity contribution is -0.118. The molecule has 8 nitrogen and oxygen atoms in total. The van der Waals surface area contributed by atoms with E-state index in [1.807, 2.05) is 13.8 Å². The lowest BCUT2D eigenvalue weighted by Gasteiger charge is -2.25. The van der Waals surface area contributed by atoms with Gasteiger partial charge in [0.25, 0.3) is 0 Å². The largest absolute Gasteiger partial charge is 0.370 e. The van der Waals surface area contributed by atoms with Crippen LogP contribution in [0.2, 0.25) is 0 Å². The third-order valence-corrected chi connectivity index (χ3v) is 2.89. The van der Waals surface area contributed by atoms with Crippen LogP contribution in [0.5, 0.6) is 0 Å². The van der Waals surface area contributed by atoms with Crippen LogP contribution in [-0.4, -0.2) is 37.9 Å². The summed E-state index contributed by atoms with van der Waals surface area (Å²) < 4.78 is 0. The number of hydrogen-bond donors (Lipinski definition) is 4. The van der Waals surface area contributed by atoms with Gasteiger partial charge in [0, 0.05) is 18.5 Å². The quantitative estimate of drug-likeness (QED) is 0.609. The predicted molar refractivity (Wildman–Crippen MR) is 82.0 cm³/mol. The van der Waals surface area contributed by atoms with Gasteiger partial charge >= 0.3 is 0 Å². The van der Waals surface area contributed by atoms with Crippen molar-refractivity contribution in [3.63, 3.8) is 0 Å². The molecular formula is C13H21N7O. The van der Waals surface area contributed by atoms with Crippen LogP contribution in [0, 0.1) is 0 Å². The van der Waals surface area contributed by atoms with Gasteiger partial charge in [0.2, 0.25) is 11.9 Å². The Morgan fingerprint density at radius 2 is 2.19 bits per heavy atom. The number of aromatic amines is 1. The Morgan fingerprint density at radius 3 is 2.86 bits per heavy atom. The molecule has 2 aromatic heterocycles. The Morgan fingerprint density at radius 1 is 1.43 bits per heavy atom. The number of primary amides is 1. The standard InChI is InChI=1S/C13H21N7O/c1-4-5-15-12-18-10-9(16-7-17-10)11(19-12)20-13(2,3)6-8(14)21/h7H,4-6H2,1-3H3,(H2,14,21)(H3,15,16,17,18,19,20). The Hall–Kier alpha value is -2.38. The van der Waals surface area contributed by atoms with Crippen molar-refractivity contribution in [2.75, 3.05) is 17.2 Å². The maximum absolute atomic E-state index is 11.1. The second-order valence-electron chi connectivity index (χ2n) is 5.58. The number of nitrogens with two attached hydrogens (primary N) is 1. The number of rotatable bonds is 7. The highest BCUT2D eigenvalue weighted by molar-refractivity contribution is 5.84. The van der Waals surface area contributed by atoms with Crippen molar-refractivity contribution in [3.8, 4) is 0 Å².